The van der Waals surface area contributed by atoms with E-state index >= 15 is 0 Å². The second-order valence-corrected chi connectivity index (χ2v) is 5.85. The highest BCUT2D eigenvalue weighted by atomic mass is 16.2. The van der Waals surface area contributed by atoms with Crippen LogP contribution in [0.15, 0.2) is 24.4 Å². The fourth-order valence-electron chi connectivity index (χ4n) is 3.39. The highest BCUT2D eigenvalue weighted by Gasteiger charge is 2.30. The number of hydrogen-bond donors (Lipinski definition) is 1. The molecule has 21 heavy (non-hydrogen) atoms. The van der Waals surface area contributed by atoms with E-state index in [0.717, 1.165) is 31.5 Å². The molecule has 1 fully saturated rings. The van der Waals surface area contributed by atoms with Gasteiger partial charge in [-0.25, -0.2) is 0 Å². The Hall–Kier alpha value is -1.42. The van der Waals surface area contributed by atoms with Crippen molar-refractivity contribution in [2.45, 2.75) is 51.5 Å². The Labute approximate surface area is 127 Å². The summed E-state index contributed by atoms with van der Waals surface area (Å²) in [7, 11) is 0. The summed E-state index contributed by atoms with van der Waals surface area (Å²) in [6, 6.07) is 6.19. The van der Waals surface area contributed by atoms with Gasteiger partial charge < -0.3 is 10.6 Å². The lowest BCUT2D eigenvalue weighted by atomic mass is 9.83. The van der Waals surface area contributed by atoms with E-state index in [1.165, 1.54) is 12.8 Å². The zero-order chi connectivity index (χ0) is 15.1. The third-order valence-electron chi connectivity index (χ3n) is 4.55. The van der Waals surface area contributed by atoms with Gasteiger partial charge in [0.25, 0.3) is 0 Å². The number of pyridine rings is 1. The van der Waals surface area contributed by atoms with E-state index in [0.29, 0.717) is 24.9 Å². The number of aryl methyl sites for hydroxylation is 1. The molecule has 1 aliphatic carbocycles. The molecule has 0 aliphatic heterocycles. The lowest BCUT2D eigenvalue weighted by Crippen LogP contribution is -2.48. The van der Waals surface area contributed by atoms with Crippen LogP contribution in [0.25, 0.3) is 0 Å². The first-order valence-electron chi connectivity index (χ1n) is 8.15. The van der Waals surface area contributed by atoms with Gasteiger partial charge in [-0.1, -0.05) is 18.9 Å². The molecule has 4 nitrogen and oxygen atoms in total. The van der Waals surface area contributed by atoms with Gasteiger partial charge in [-0.15, -0.1) is 0 Å². The molecule has 1 saturated carbocycles. The van der Waals surface area contributed by atoms with Crippen LogP contribution >= 0.6 is 0 Å². The SMILES string of the molecule is CCN(C(=O)CCc1ccccn1)C1CCCCC1CN. The molecule has 0 saturated heterocycles. The minimum absolute atomic E-state index is 0.244. The standard InChI is InChI=1S/C17H27N3O/c1-2-20(16-9-4-3-7-14(16)13-18)17(21)11-10-15-8-5-6-12-19-15/h5-6,8,12,14,16H,2-4,7,9-11,13,18H2,1H3. The molecule has 2 atom stereocenters. The van der Waals surface area contributed by atoms with E-state index in [1.807, 2.05) is 18.2 Å². The predicted octanol–water partition coefficient (Wildman–Crippen LogP) is 2.38. The van der Waals surface area contributed by atoms with Crippen molar-refractivity contribution in [2.75, 3.05) is 13.1 Å². The second-order valence-electron chi connectivity index (χ2n) is 5.85. The van der Waals surface area contributed by atoms with Gasteiger partial charge in [-0.2, -0.15) is 0 Å². The maximum absolute atomic E-state index is 12.6. The molecule has 0 aromatic carbocycles. The molecule has 1 amide bonds. The van der Waals surface area contributed by atoms with Gasteiger partial charge in [0, 0.05) is 30.9 Å². The van der Waals surface area contributed by atoms with Crippen LogP contribution < -0.4 is 5.73 Å². The molecule has 2 unspecified atom stereocenters. The molecule has 1 aliphatic rings. The Morgan fingerprint density at radius 1 is 1.38 bits per heavy atom. The van der Waals surface area contributed by atoms with E-state index in [1.54, 1.807) is 6.20 Å². The van der Waals surface area contributed by atoms with Crippen molar-refractivity contribution >= 4 is 5.91 Å². The Kier molecular flexibility index (Phi) is 6.18. The summed E-state index contributed by atoms with van der Waals surface area (Å²) in [6.45, 7) is 3.54. The first-order chi connectivity index (χ1) is 10.3. The smallest absolute Gasteiger partial charge is 0.223 e. The number of aromatic nitrogens is 1. The third-order valence-corrected chi connectivity index (χ3v) is 4.55. The summed E-state index contributed by atoms with van der Waals surface area (Å²) in [4.78, 5) is 18.9. The number of carbonyl (C=O) groups is 1. The summed E-state index contributed by atoms with van der Waals surface area (Å²) in [5.74, 6) is 0.714. The number of nitrogens with zero attached hydrogens (tertiary/aromatic N) is 2. The number of nitrogens with two attached hydrogens (primary N) is 1. The quantitative estimate of drug-likeness (QED) is 0.874. The number of amides is 1. The number of hydrogen-bond acceptors (Lipinski definition) is 3. The fraction of sp³-hybridized carbons (Fsp3) is 0.647. The molecular weight excluding hydrogens is 262 g/mol. The molecule has 2 rings (SSSR count). The number of rotatable bonds is 6. The average molecular weight is 289 g/mol. The van der Waals surface area contributed by atoms with Gasteiger partial charge in [-0.3, -0.25) is 9.78 Å². The van der Waals surface area contributed by atoms with E-state index in [2.05, 4.69) is 16.8 Å². The first-order valence-corrected chi connectivity index (χ1v) is 8.15. The Morgan fingerprint density at radius 3 is 2.86 bits per heavy atom. The van der Waals surface area contributed by atoms with Crippen molar-refractivity contribution in [3.63, 3.8) is 0 Å². The Balaban J connectivity index is 1.94. The molecule has 0 spiro atoms. The normalized spacial score (nSPS) is 22.0. The van der Waals surface area contributed by atoms with E-state index in [4.69, 9.17) is 5.73 Å². The van der Waals surface area contributed by atoms with E-state index in [9.17, 15) is 4.79 Å². The van der Waals surface area contributed by atoms with Crippen LogP contribution in [0.3, 0.4) is 0 Å². The highest BCUT2D eigenvalue weighted by molar-refractivity contribution is 5.76. The van der Waals surface area contributed by atoms with Crippen molar-refractivity contribution < 1.29 is 4.79 Å². The van der Waals surface area contributed by atoms with Crippen molar-refractivity contribution in [1.82, 2.24) is 9.88 Å². The van der Waals surface area contributed by atoms with Gasteiger partial charge in [0.05, 0.1) is 0 Å². The van der Waals surface area contributed by atoms with Gasteiger partial charge in [0.2, 0.25) is 5.91 Å². The van der Waals surface area contributed by atoms with Crippen LogP contribution in [0.2, 0.25) is 0 Å². The first kappa shape index (κ1) is 16.0. The summed E-state index contributed by atoms with van der Waals surface area (Å²) < 4.78 is 0. The van der Waals surface area contributed by atoms with Crippen LogP contribution in [0, 0.1) is 5.92 Å². The van der Waals surface area contributed by atoms with E-state index < -0.39 is 0 Å². The summed E-state index contributed by atoms with van der Waals surface area (Å²) in [5, 5.41) is 0. The maximum atomic E-state index is 12.6. The molecule has 0 radical (unpaired) electrons. The largest absolute Gasteiger partial charge is 0.340 e. The molecule has 2 N–H and O–H groups in total. The van der Waals surface area contributed by atoms with E-state index in [-0.39, 0.29) is 5.91 Å². The third kappa shape index (κ3) is 4.27. The summed E-state index contributed by atoms with van der Waals surface area (Å²) in [5.41, 5.74) is 6.89. The minimum atomic E-state index is 0.244. The molecule has 1 aromatic rings. The topological polar surface area (TPSA) is 59.2 Å². The van der Waals surface area contributed by atoms with Crippen LogP contribution in [0.1, 0.15) is 44.7 Å². The van der Waals surface area contributed by atoms with Crippen molar-refractivity contribution in [1.29, 1.82) is 0 Å². The van der Waals surface area contributed by atoms with Crippen LogP contribution in [-0.4, -0.2) is 34.9 Å². The predicted molar refractivity (Wildman–Crippen MR) is 84.7 cm³/mol. The van der Waals surface area contributed by atoms with Crippen LogP contribution in [0.5, 0.6) is 0 Å². The van der Waals surface area contributed by atoms with Crippen LogP contribution in [-0.2, 0) is 11.2 Å². The zero-order valence-electron chi connectivity index (χ0n) is 13.0. The van der Waals surface area contributed by atoms with Crippen molar-refractivity contribution in [2.24, 2.45) is 11.7 Å². The number of carbonyl (C=O) groups excluding carboxylic acids is 1. The zero-order valence-corrected chi connectivity index (χ0v) is 13.0. The monoisotopic (exact) mass is 289 g/mol. The molecular formula is C17H27N3O. The summed E-state index contributed by atoms with van der Waals surface area (Å²) >= 11 is 0. The molecule has 1 aromatic heterocycles. The lowest BCUT2D eigenvalue weighted by molar-refractivity contribution is -0.135. The maximum Gasteiger partial charge on any atom is 0.223 e. The van der Waals surface area contributed by atoms with Gasteiger partial charge in [0.1, 0.15) is 0 Å². The Morgan fingerprint density at radius 2 is 2.19 bits per heavy atom. The van der Waals surface area contributed by atoms with Gasteiger partial charge in [-0.05, 0) is 50.8 Å². The summed E-state index contributed by atoms with van der Waals surface area (Å²) in [6.07, 6.45) is 7.76. The molecule has 0 bridgehead atoms. The molecule has 116 valence electrons. The van der Waals surface area contributed by atoms with Gasteiger partial charge >= 0.3 is 0 Å². The molecule has 4 heteroatoms. The van der Waals surface area contributed by atoms with Crippen molar-refractivity contribution in [3.05, 3.63) is 30.1 Å². The Bertz CT molecular complexity index is 435. The lowest BCUT2D eigenvalue weighted by Gasteiger charge is -2.39. The van der Waals surface area contributed by atoms with Crippen LogP contribution in [0.4, 0.5) is 0 Å². The fourth-order valence-corrected chi connectivity index (χ4v) is 3.39. The van der Waals surface area contributed by atoms with Crippen molar-refractivity contribution in [3.8, 4) is 0 Å². The highest BCUT2D eigenvalue weighted by Crippen LogP contribution is 2.28. The second kappa shape index (κ2) is 8.13. The van der Waals surface area contributed by atoms with Gasteiger partial charge in [0.15, 0.2) is 0 Å². The minimum Gasteiger partial charge on any atom is -0.340 e. The molecule has 1 heterocycles. The average Bonchev–Trinajstić information content (AvgIpc) is 2.55.